The minimum atomic E-state index is -0.598. The second-order valence-electron chi connectivity index (χ2n) is 7.08. The fourth-order valence-corrected chi connectivity index (χ4v) is 3.45. The van der Waals surface area contributed by atoms with E-state index in [1.54, 1.807) is 0 Å². The van der Waals surface area contributed by atoms with Crippen molar-refractivity contribution < 1.29 is 4.79 Å². The number of likely N-dealkylation sites (tertiary alicyclic amines) is 1. The first-order valence-corrected chi connectivity index (χ1v) is 8.07. The van der Waals surface area contributed by atoms with Crippen LogP contribution >= 0.6 is 0 Å². The first-order valence-electron chi connectivity index (χ1n) is 8.07. The van der Waals surface area contributed by atoms with E-state index in [-0.39, 0.29) is 5.91 Å². The summed E-state index contributed by atoms with van der Waals surface area (Å²) < 4.78 is 0. The van der Waals surface area contributed by atoms with E-state index in [1.165, 1.54) is 6.42 Å². The molecule has 20 heavy (non-hydrogen) atoms. The van der Waals surface area contributed by atoms with E-state index in [0.717, 1.165) is 44.3 Å². The van der Waals surface area contributed by atoms with Crippen molar-refractivity contribution in [1.82, 2.24) is 10.2 Å². The molecule has 0 spiro atoms. The van der Waals surface area contributed by atoms with Gasteiger partial charge in [0.25, 0.3) is 0 Å². The smallest absolute Gasteiger partial charge is 0.237 e. The largest absolute Gasteiger partial charge is 0.368 e. The monoisotopic (exact) mass is 283 g/mol. The number of amides is 1. The molecule has 1 aliphatic rings. The molecular formula is C16H33N3O. The molecule has 1 aliphatic heterocycles. The molecule has 4 atom stereocenters. The predicted octanol–water partition coefficient (Wildman–Crippen LogP) is 1.99. The van der Waals surface area contributed by atoms with Gasteiger partial charge in [0.2, 0.25) is 5.91 Å². The molecule has 0 bridgehead atoms. The van der Waals surface area contributed by atoms with E-state index >= 15 is 0 Å². The normalized spacial score (nSPS) is 28.9. The Hall–Kier alpha value is -0.610. The molecule has 4 nitrogen and oxygen atoms in total. The van der Waals surface area contributed by atoms with Crippen LogP contribution in [0.3, 0.4) is 0 Å². The van der Waals surface area contributed by atoms with Crippen LogP contribution in [0.2, 0.25) is 0 Å². The lowest BCUT2D eigenvalue weighted by molar-refractivity contribution is -0.124. The number of nitrogens with one attached hydrogen (secondary N) is 1. The third-order valence-electron chi connectivity index (χ3n) is 4.53. The van der Waals surface area contributed by atoms with E-state index in [0.29, 0.717) is 6.04 Å². The Bertz CT molecular complexity index is 311. The van der Waals surface area contributed by atoms with Crippen molar-refractivity contribution in [2.45, 2.75) is 65.5 Å². The summed E-state index contributed by atoms with van der Waals surface area (Å²) in [6.45, 7) is 14.0. The van der Waals surface area contributed by atoms with Crippen LogP contribution in [0.1, 0.15) is 53.9 Å². The third kappa shape index (κ3) is 4.74. The van der Waals surface area contributed by atoms with E-state index in [9.17, 15) is 4.79 Å². The Labute approximate surface area is 124 Å². The average Bonchev–Trinajstić information content (AvgIpc) is 2.35. The number of carbonyl (C=O) groups excluding carboxylic acids is 1. The number of hydrogen-bond acceptors (Lipinski definition) is 3. The second-order valence-corrected chi connectivity index (χ2v) is 7.08. The zero-order valence-electron chi connectivity index (χ0n) is 13.9. The van der Waals surface area contributed by atoms with E-state index in [2.05, 4.69) is 37.9 Å². The molecule has 1 fully saturated rings. The van der Waals surface area contributed by atoms with Gasteiger partial charge in [-0.15, -0.1) is 0 Å². The van der Waals surface area contributed by atoms with Crippen molar-refractivity contribution in [2.75, 3.05) is 19.6 Å². The SMILES string of the molecule is CCCNC(C)(CC(C)N1CC(C)CC(C)C1)C(N)=O. The third-order valence-corrected chi connectivity index (χ3v) is 4.53. The van der Waals surface area contributed by atoms with Gasteiger partial charge < -0.3 is 16.0 Å². The number of primary amides is 1. The Morgan fingerprint density at radius 1 is 1.40 bits per heavy atom. The van der Waals surface area contributed by atoms with Crippen molar-refractivity contribution in [1.29, 1.82) is 0 Å². The molecule has 0 aromatic carbocycles. The number of rotatable bonds is 7. The summed E-state index contributed by atoms with van der Waals surface area (Å²) in [4.78, 5) is 14.3. The first-order chi connectivity index (χ1) is 9.28. The van der Waals surface area contributed by atoms with E-state index in [1.807, 2.05) is 6.92 Å². The molecule has 4 unspecified atom stereocenters. The molecule has 118 valence electrons. The van der Waals surface area contributed by atoms with Gasteiger partial charge in [-0.25, -0.2) is 0 Å². The molecule has 0 radical (unpaired) electrons. The number of hydrogen-bond donors (Lipinski definition) is 2. The molecular weight excluding hydrogens is 250 g/mol. The zero-order chi connectivity index (χ0) is 15.3. The maximum absolute atomic E-state index is 11.8. The highest BCUT2D eigenvalue weighted by Crippen LogP contribution is 2.25. The minimum absolute atomic E-state index is 0.240. The lowest BCUT2D eigenvalue weighted by Crippen LogP contribution is -2.57. The van der Waals surface area contributed by atoms with Crippen LogP contribution in [0.15, 0.2) is 0 Å². The van der Waals surface area contributed by atoms with Gasteiger partial charge >= 0.3 is 0 Å². The van der Waals surface area contributed by atoms with Crippen LogP contribution in [0.5, 0.6) is 0 Å². The lowest BCUT2D eigenvalue weighted by Gasteiger charge is -2.41. The summed E-state index contributed by atoms with van der Waals surface area (Å²) in [6.07, 6.45) is 3.10. The highest BCUT2D eigenvalue weighted by Gasteiger charge is 2.35. The van der Waals surface area contributed by atoms with Gasteiger partial charge in [-0.05, 0) is 51.5 Å². The summed E-state index contributed by atoms with van der Waals surface area (Å²) in [5.74, 6) is 1.24. The average molecular weight is 283 g/mol. The van der Waals surface area contributed by atoms with Crippen molar-refractivity contribution in [2.24, 2.45) is 17.6 Å². The van der Waals surface area contributed by atoms with Gasteiger partial charge in [0.05, 0.1) is 5.54 Å². The summed E-state index contributed by atoms with van der Waals surface area (Å²) >= 11 is 0. The highest BCUT2D eigenvalue weighted by molar-refractivity contribution is 5.84. The molecule has 1 rings (SSSR count). The quantitative estimate of drug-likeness (QED) is 0.751. The van der Waals surface area contributed by atoms with E-state index < -0.39 is 5.54 Å². The van der Waals surface area contributed by atoms with Crippen LogP contribution in [0, 0.1) is 11.8 Å². The van der Waals surface area contributed by atoms with Crippen LogP contribution in [-0.4, -0.2) is 42.0 Å². The number of carbonyl (C=O) groups is 1. The van der Waals surface area contributed by atoms with Gasteiger partial charge in [0.1, 0.15) is 0 Å². The van der Waals surface area contributed by atoms with Crippen molar-refractivity contribution in [3.8, 4) is 0 Å². The standard InChI is InChI=1S/C16H33N3O/c1-6-7-18-16(5,15(17)20)9-14(4)19-10-12(2)8-13(3)11-19/h12-14,18H,6-11H2,1-5H3,(H2,17,20). The van der Waals surface area contributed by atoms with Crippen LogP contribution < -0.4 is 11.1 Å². The van der Waals surface area contributed by atoms with Crippen LogP contribution in [-0.2, 0) is 4.79 Å². The maximum atomic E-state index is 11.8. The fourth-order valence-electron chi connectivity index (χ4n) is 3.45. The molecule has 0 saturated carbocycles. The number of nitrogens with zero attached hydrogens (tertiary/aromatic N) is 1. The van der Waals surface area contributed by atoms with Crippen molar-refractivity contribution >= 4 is 5.91 Å². The second kappa shape index (κ2) is 7.41. The van der Waals surface area contributed by atoms with Gasteiger partial charge in [0, 0.05) is 19.1 Å². The molecule has 1 saturated heterocycles. The van der Waals surface area contributed by atoms with E-state index in [4.69, 9.17) is 5.73 Å². The summed E-state index contributed by atoms with van der Waals surface area (Å²) in [5.41, 5.74) is 5.03. The molecule has 4 heteroatoms. The topological polar surface area (TPSA) is 58.4 Å². The molecule has 1 amide bonds. The highest BCUT2D eigenvalue weighted by atomic mass is 16.1. The first kappa shape index (κ1) is 17.4. The Balaban J connectivity index is 2.65. The zero-order valence-corrected chi connectivity index (χ0v) is 13.9. The fraction of sp³-hybridized carbons (Fsp3) is 0.938. The summed E-state index contributed by atoms with van der Waals surface area (Å²) in [6, 6.07) is 0.377. The van der Waals surface area contributed by atoms with Gasteiger partial charge in [-0.1, -0.05) is 20.8 Å². The van der Waals surface area contributed by atoms with Crippen molar-refractivity contribution in [3.63, 3.8) is 0 Å². The number of piperidine rings is 1. The minimum Gasteiger partial charge on any atom is -0.368 e. The Kier molecular flexibility index (Phi) is 6.46. The maximum Gasteiger partial charge on any atom is 0.237 e. The lowest BCUT2D eigenvalue weighted by atomic mass is 9.87. The molecule has 3 N–H and O–H groups in total. The van der Waals surface area contributed by atoms with Crippen LogP contribution in [0.25, 0.3) is 0 Å². The predicted molar refractivity (Wildman–Crippen MR) is 84.5 cm³/mol. The van der Waals surface area contributed by atoms with Gasteiger partial charge in [-0.2, -0.15) is 0 Å². The Morgan fingerprint density at radius 2 is 1.95 bits per heavy atom. The van der Waals surface area contributed by atoms with Crippen molar-refractivity contribution in [3.05, 3.63) is 0 Å². The molecule has 1 heterocycles. The molecule has 0 aromatic heterocycles. The summed E-state index contributed by atoms with van der Waals surface area (Å²) in [7, 11) is 0. The van der Waals surface area contributed by atoms with Gasteiger partial charge in [-0.3, -0.25) is 4.79 Å². The number of nitrogens with two attached hydrogens (primary N) is 1. The van der Waals surface area contributed by atoms with Gasteiger partial charge in [0.15, 0.2) is 0 Å². The summed E-state index contributed by atoms with van der Waals surface area (Å²) in [5, 5.41) is 3.34. The Morgan fingerprint density at radius 3 is 2.40 bits per heavy atom. The van der Waals surface area contributed by atoms with Crippen LogP contribution in [0.4, 0.5) is 0 Å². The molecule has 0 aromatic rings. The molecule has 0 aliphatic carbocycles.